The summed E-state index contributed by atoms with van der Waals surface area (Å²) in [5.41, 5.74) is 0.837. The number of hydrogen-bond donors (Lipinski definition) is 1. The van der Waals surface area contributed by atoms with Gasteiger partial charge >= 0.3 is 5.97 Å². The number of carboxylic acid groups (broad SMARTS) is 1. The smallest absolute Gasteiger partial charge is 0.303 e. The predicted octanol–water partition coefficient (Wildman–Crippen LogP) is 3.33. The van der Waals surface area contributed by atoms with Crippen molar-refractivity contribution in [2.75, 3.05) is 14.2 Å². The first kappa shape index (κ1) is 14.0. The van der Waals surface area contributed by atoms with Crippen LogP contribution in [0.4, 0.5) is 0 Å². The standard InChI is InChI=1S/C14H17ClO4/c1-18-11-6-5-9(13(15)14(11)19-2)10(7-12(16)17)8-3-4-8/h5-6,8,10H,3-4,7H2,1-2H3,(H,16,17). The molecular formula is C14H17ClO4. The van der Waals surface area contributed by atoms with Gasteiger partial charge < -0.3 is 14.6 Å². The fourth-order valence-electron chi connectivity index (χ4n) is 2.41. The van der Waals surface area contributed by atoms with Gasteiger partial charge in [0, 0.05) is 0 Å². The van der Waals surface area contributed by atoms with Crippen LogP contribution in [0.25, 0.3) is 0 Å². The average molecular weight is 285 g/mol. The van der Waals surface area contributed by atoms with Crippen LogP contribution in [-0.2, 0) is 4.79 Å². The van der Waals surface area contributed by atoms with Crippen LogP contribution in [0, 0.1) is 5.92 Å². The Hall–Kier alpha value is -1.42. The van der Waals surface area contributed by atoms with Crippen molar-refractivity contribution >= 4 is 17.6 Å². The highest BCUT2D eigenvalue weighted by Crippen LogP contribution is 2.49. The molecule has 104 valence electrons. The van der Waals surface area contributed by atoms with Crippen molar-refractivity contribution in [2.24, 2.45) is 5.92 Å². The van der Waals surface area contributed by atoms with E-state index in [0.717, 1.165) is 18.4 Å². The molecule has 0 saturated heterocycles. The van der Waals surface area contributed by atoms with Gasteiger partial charge in [-0.1, -0.05) is 17.7 Å². The molecule has 2 rings (SSSR count). The summed E-state index contributed by atoms with van der Waals surface area (Å²) in [4.78, 5) is 11.0. The second-order valence-electron chi connectivity index (χ2n) is 4.75. The Kier molecular flexibility index (Phi) is 4.20. The summed E-state index contributed by atoms with van der Waals surface area (Å²) in [6, 6.07) is 3.62. The molecule has 0 heterocycles. The minimum absolute atomic E-state index is 0.0511. The third kappa shape index (κ3) is 2.95. The van der Waals surface area contributed by atoms with Gasteiger partial charge in [0.1, 0.15) is 0 Å². The largest absolute Gasteiger partial charge is 0.493 e. The first-order chi connectivity index (χ1) is 9.08. The zero-order valence-corrected chi connectivity index (χ0v) is 11.7. The normalized spacial score (nSPS) is 15.9. The summed E-state index contributed by atoms with van der Waals surface area (Å²) in [5.74, 6) is 0.582. The van der Waals surface area contributed by atoms with Crippen molar-refractivity contribution in [1.82, 2.24) is 0 Å². The van der Waals surface area contributed by atoms with Crippen LogP contribution in [0.15, 0.2) is 12.1 Å². The van der Waals surface area contributed by atoms with Crippen LogP contribution in [0.2, 0.25) is 5.02 Å². The average Bonchev–Trinajstić information content (AvgIpc) is 3.19. The molecule has 0 radical (unpaired) electrons. The quantitative estimate of drug-likeness (QED) is 0.870. The van der Waals surface area contributed by atoms with E-state index in [1.807, 2.05) is 6.07 Å². The van der Waals surface area contributed by atoms with Crippen LogP contribution < -0.4 is 9.47 Å². The van der Waals surface area contributed by atoms with Crippen LogP contribution in [0.1, 0.15) is 30.7 Å². The van der Waals surface area contributed by atoms with Crippen LogP contribution in [-0.4, -0.2) is 25.3 Å². The molecular weight excluding hydrogens is 268 g/mol. The van der Waals surface area contributed by atoms with E-state index in [-0.39, 0.29) is 12.3 Å². The molecule has 19 heavy (non-hydrogen) atoms. The Morgan fingerprint density at radius 3 is 2.58 bits per heavy atom. The van der Waals surface area contributed by atoms with E-state index in [1.165, 1.54) is 7.11 Å². The summed E-state index contributed by atoms with van der Waals surface area (Å²) in [5, 5.41) is 9.50. The topological polar surface area (TPSA) is 55.8 Å². The number of rotatable bonds is 6. The van der Waals surface area contributed by atoms with Gasteiger partial charge in [0.15, 0.2) is 11.5 Å². The highest BCUT2D eigenvalue weighted by atomic mass is 35.5. The molecule has 0 amide bonds. The molecule has 1 aromatic carbocycles. The Morgan fingerprint density at radius 1 is 1.42 bits per heavy atom. The summed E-state index contributed by atoms with van der Waals surface area (Å²) in [7, 11) is 3.07. The van der Waals surface area contributed by atoms with Gasteiger partial charge in [-0.2, -0.15) is 0 Å². The zero-order valence-electron chi connectivity index (χ0n) is 11.0. The summed E-state index contributed by atoms with van der Waals surface area (Å²) in [6.45, 7) is 0. The van der Waals surface area contributed by atoms with Gasteiger partial charge in [0.2, 0.25) is 0 Å². The molecule has 0 spiro atoms. The van der Waals surface area contributed by atoms with E-state index in [9.17, 15) is 4.79 Å². The number of carbonyl (C=O) groups is 1. The lowest BCUT2D eigenvalue weighted by Crippen LogP contribution is -2.09. The molecule has 1 aliphatic rings. The van der Waals surface area contributed by atoms with Crippen molar-refractivity contribution in [3.05, 3.63) is 22.7 Å². The number of methoxy groups -OCH3 is 2. The second kappa shape index (κ2) is 5.70. The Labute approximate surface area is 117 Å². The van der Waals surface area contributed by atoms with E-state index in [0.29, 0.717) is 22.4 Å². The van der Waals surface area contributed by atoms with E-state index in [4.69, 9.17) is 26.2 Å². The van der Waals surface area contributed by atoms with Crippen LogP contribution >= 0.6 is 11.6 Å². The van der Waals surface area contributed by atoms with Gasteiger partial charge in [0.25, 0.3) is 0 Å². The van der Waals surface area contributed by atoms with Gasteiger partial charge in [-0.3, -0.25) is 4.79 Å². The number of hydrogen-bond acceptors (Lipinski definition) is 3. The van der Waals surface area contributed by atoms with Crippen LogP contribution in [0.3, 0.4) is 0 Å². The summed E-state index contributed by atoms with van der Waals surface area (Å²) >= 11 is 6.34. The summed E-state index contributed by atoms with van der Waals surface area (Å²) < 4.78 is 10.4. The maximum absolute atomic E-state index is 11.0. The lowest BCUT2D eigenvalue weighted by atomic mass is 9.90. The first-order valence-electron chi connectivity index (χ1n) is 6.20. The molecule has 0 bridgehead atoms. The third-order valence-electron chi connectivity index (χ3n) is 3.50. The zero-order chi connectivity index (χ0) is 14.0. The maximum atomic E-state index is 11.0. The monoisotopic (exact) mass is 284 g/mol. The van der Waals surface area contributed by atoms with Gasteiger partial charge in [0.05, 0.1) is 25.7 Å². The predicted molar refractivity (Wildman–Crippen MR) is 72.3 cm³/mol. The molecule has 4 nitrogen and oxygen atoms in total. The van der Waals surface area contributed by atoms with Crippen molar-refractivity contribution in [2.45, 2.75) is 25.2 Å². The van der Waals surface area contributed by atoms with E-state index >= 15 is 0 Å². The molecule has 5 heteroatoms. The lowest BCUT2D eigenvalue weighted by Gasteiger charge is -2.19. The number of carboxylic acids is 1. The van der Waals surface area contributed by atoms with Crippen molar-refractivity contribution in [3.63, 3.8) is 0 Å². The number of benzene rings is 1. The van der Waals surface area contributed by atoms with E-state index in [2.05, 4.69) is 0 Å². The minimum Gasteiger partial charge on any atom is -0.493 e. The maximum Gasteiger partial charge on any atom is 0.303 e. The highest BCUT2D eigenvalue weighted by Gasteiger charge is 2.35. The van der Waals surface area contributed by atoms with E-state index < -0.39 is 5.97 Å². The number of aliphatic carboxylic acids is 1. The fourth-order valence-corrected chi connectivity index (χ4v) is 2.78. The molecule has 1 aliphatic carbocycles. The molecule has 1 aromatic rings. The Morgan fingerprint density at radius 2 is 2.11 bits per heavy atom. The van der Waals surface area contributed by atoms with Crippen molar-refractivity contribution in [3.8, 4) is 11.5 Å². The van der Waals surface area contributed by atoms with E-state index in [1.54, 1.807) is 13.2 Å². The van der Waals surface area contributed by atoms with Gasteiger partial charge in [-0.05, 0) is 36.3 Å². The van der Waals surface area contributed by atoms with Crippen molar-refractivity contribution < 1.29 is 19.4 Å². The fraction of sp³-hybridized carbons (Fsp3) is 0.500. The molecule has 1 saturated carbocycles. The molecule has 0 aromatic heterocycles. The van der Waals surface area contributed by atoms with Gasteiger partial charge in [-0.25, -0.2) is 0 Å². The SMILES string of the molecule is COc1ccc(C(CC(=O)O)C2CC2)c(Cl)c1OC. The highest BCUT2D eigenvalue weighted by molar-refractivity contribution is 6.33. The van der Waals surface area contributed by atoms with Crippen molar-refractivity contribution in [1.29, 1.82) is 0 Å². The first-order valence-corrected chi connectivity index (χ1v) is 6.58. The lowest BCUT2D eigenvalue weighted by molar-refractivity contribution is -0.137. The molecule has 1 N–H and O–H groups in total. The third-order valence-corrected chi connectivity index (χ3v) is 3.89. The summed E-state index contributed by atoms with van der Waals surface area (Å²) in [6.07, 6.45) is 2.21. The van der Waals surface area contributed by atoms with Gasteiger partial charge in [-0.15, -0.1) is 0 Å². The molecule has 1 unspecified atom stereocenters. The Bertz CT molecular complexity index is 483. The number of halogens is 1. The molecule has 1 atom stereocenters. The second-order valence-corrected chi connectivity index (χ2v) is 5.12. The molecule has 0 aliphatic heterocycles. The molecule has 1 fully saturated rings. The Balaban J connectivity index is 2.39. The minimum atomic E-state index is -0.803. The number of ether oxygens (including phenoxy) is 2. The van der Waals surface area contributed by atoms with Crippen LogP contribution in [0.5, 0.6) is 11.5 Å².